The summed E-state index contributed by atoms with van der Waals surface area (Å²) in [4.78, 5) is 11.9. The van der Waals surface area contributed by atoms with E-state index in [9.17, 15) is 4.79 Å². The average Bonchev–Trinajstić information content (AvgIpc) is 3.03. The van der Waals surface area contributed by atoms with Gasteiger partial charge in [0.05, 0.1) is 0 Å². The highest BCUT2D eigenvalue weighted by Gasteiger charge is 2.40. The number of carbonyl (C=O) groups excluding carboxylic acids is 1. The van der Waals surface area contributed by atoms with Crippen LogP contribution in [0.2, 0.25) is 0 Å². The van der Waals surface area contributed by atoms with Crippen molar-refractivity contribution >= 4 is 11.8 Å². The minimum atomic E-state index is -0.166. The number of fused-ring (bicyclic) bond motifs is 2. The SMILES string of the molecule is CC(C)c1cc(NC(=O)NC2CC3CCC2C3)no1. The maximum Gasteiger partial charge on any atom is 0.320 e. The smallest absolute Gasteiger partial charge is 0.320 e. The quantitative estimate of drug-likeness (QED) is 0.880. The number of hydrogen-bond donors (Lipinski definition) is 2. The van der Waals surface area contributed by atoms with Gasteiger partial charge in [-0.2, -0.15) is 0 Å². The molecule has 0 aliphatic heterocycles. The molecule has 0 spiro atoms. The predicted molar refractivity (Wildman–Crippen MR) is 72.0 cm³/mol. The minimum absolute atomic E-state index is 0.166. The second-order valence-electron chi connectivity index (χ2n) is 6.15. The molecule has 3 atom stereocenters. The molecule has 1 aromatic rings. The van der Waals surface area contributed by atoms with Crippen LogP contribution in [0.25, 0.3) is 0 Å². The summed E-state index contributed by atoms with van der Waals surface area (Å²) < 4.78 is 5.15. The fourth-order valence-corrected chi connectivity index (χ4v) is 3.36. The van der Waals surface area contributed by atoms with E-state index in [-0.39, 0.29) is 11.9 Å². The minimum Gasteiger partial charge on any atom is -0.359 e. The summed E-state index contributed by atoms with van der Waals surface area (Å²) in [5.41, 5.74) is 0. The van der Waals surface area contributed by atoms with Crippen LogP contribution in [-0.2, 0) is 0 Å². The normalized spacial score (nSPS) is 28.9. The maximum atomic E-state index is 11.9. The Morgan fingerprint density at radius 1 is 1.42 bits per heavy atom. The zero-order chi connectivity index (χ0) is 13.4. The first-order chi connectivity index (χ1) is 9.11. The van der Waals surface area contributed by atoms with Crippen molar-refractivity contribution in [3.8, 4) is 0 Å². The van der Waals surface area contributed by atoms with E-state index in [1.165, 1.54) is 19.3 Å². The Morgan fingerprint density at radius 3 is 2.84 bits per heavy atom. The molecule has 2 fully saturated rings. The summed E-state index contributed by atoms with van der Waals surface area (Å²) in [5.74, 6) is 3.06. The van der Waals surface area contributed by atoms with E-state index < -0.39 is 0 Å². The van der Waals surface area contributed by atoms with Gasteiger partial charge in [-0.25, -0.2) is 4.79 Å². The van der Waals surface area contributed by atoms with Crippen LogP contribution in [0, 0.1) is 11.8 Å². The second-order valence-corrected chi connectivity index (χ2v) is 6.15. The van der Waals surface area contributed by atoms with Crippen molar-refractivity contribution in [2.45, 2.75) is 51.5 Å². The molecule has 5 heteroatoms. The summed E-state index contributed by atoms with van der Waals surface area (Å²) in [7, 11) is 0. The van der Waals surface area contributed by atoms with Gasteiger partial charge in [-0.15, -0.1) is 0 Å². The van der Waals surface area contributed by atoms with Gasteiger partial charge in [0, 0.05) is 18.0 Å². The van der Waals surface area contributed by atoms with Crippen LogP contribution in [0.5, 0.6) is 0 Å². The van der Waals surface area contributed by atoms with Gasteiger partial charge in [0.25, 0.3) is 0 Å². The molecule has 1 heterocycles. The standard InChI is InChI=1S/C14H21N3O2/c1-8(2)12-7-13(17-19-12)16-14(18)15-11-6-9-3-4-10(11)5-9/h7-11H,3-6H2,1-2H3,(H2,15,16,17,18). The van der Waals surface area contributed by atoms with Crippen LogP contribution in [0.15, 0.2) is 10.6 Å². The maximum absolute atomic E-state index is 11.9. The number of carbonyl (C=O) groups is 1. The first-order valence-electron chi connectivity index (χ1n) is 7.16. The zero-order valence-electron chi connectivity index (χ0n) is 11.5. The molecule has 0 saturated heterocycles. The molecule has 2 aliphatic carbocycles. The van der Waals surface area contributed by atoms with Gasteiger partial charge in [-0.05, 0) is 31.1 Å². The van der Waals surface area contributed by atoms with Crippen molar-refractivity contribution in [1.29, 1.82) is 0 Å². The molecule has 0 aromatic carbocycles. The fourth-order valence-electron chi connectivity index (χ4n) is 3.36. The number of aromatic nitrogens is 1. The van der Waals surface area contributed by atoms with Crippen molar-refractivity contribution in [2.24, 2.45) is 11.8 Å². The molecule has 2 saturated carbocycles. The van der Waals surface area contributed by atoms with Crippen LogP contribution in [-0.4, -0.2) is 17.2 Å². The Hall–Kier alpha value is -1.52. The molecule has 5 nitrogen and oxygen atoms in total. The molecule has 1 aromatic heterocycles. The highest BCUT2D eigenvalue weighted by molar-refractivity contribution is 5.88. The molecule has 0 radical (unpaired) electrons. The number of nitrogens with zero attached hydrogens (tertiary/aromatic N) is 1. The van der Waals surface area contributed by atoms with E-state index in [2.05, 4.69) is 15.8 Å². The third-order valence-corrected chi connectivity index (χ3v) is 4.39. The van der Waals surface area contributed by atoms with Gasteiger partial charge in [0.15, 0.2) is 5.82 Å². The number of rotatable bonds is 3. The van der Waals surface area contributed by atoms with Crippen LogP contribution < -0.4 is 10.6 Å². The molecule has 2 bridgehead atoms. The molecule has 3 rings (SSSR count). The lowest BCUT2D eigenvalue weighted by Gasteiger charge is -2.22. The average molecular weight is 263 g/mol. The van der Waals surface area contributed by atoms with E-state index >= 15 is 0 Å². The Bertz CT molecular complexity index is 469. The largest absolute Gasteiger partial charge is 0.359 e. The molecular weight excluding hydrogens is 242 g/mol. The van der Waals surface area contributed by atoms with Crippen LogP contribution in [0.3, 0.4) is 0 Å². The summed E-state index contributed by atoms with van der Waals surface area (Å²) in [6.07, 6.45) is 5.02. The zero-order valence-corrected chi connectivity index (χ0v) is 11.5. The molecular formula is C14H21N3O2. The van der Waals surface area contributed by atoms with Crippen LogP contribution in [0.4, 0.5) is 10.6 Å². The summed E-state index contributed by atoms with van der Waals surface area (Å²) in [6.45, 7) is 4.05. The second kappa shape index (κ2) is 4.87. The molecule has 19 heavy (non-hydrogen) atoms. The number of hydrogen-bond acceptors (Lipinski definition) is 3. The van der Waals surface area contributed by atoms with Crippen molar-refractivity contribution in [3.63, 3.8) is 0 Å². The van der Waals surface area contributed by atoms with E-state index in [4.69, 9.17) is 4.52 Å². The Morgan fingerprint density at radius 2 is 2.26 bits per heavy atom. The first-order valence-corrected chi connectivity index (χ1v) is 7.16. The van der Waals surface area contributed by atoms with Crippen molar-refractivity contribution in [2.75, 3.05) is 5.32 Å². The van der Waals surface area contributed by atoms with Crippen molar-refractivity contribution in [3.05, 3.63) is 11.8 Å². The topological polar surface area (TPSA) is 67.2 Å². The fraction of sp³-hybridized carbons (Fsp3) is 0.714. The molecule has 2 aliphatic rings. The summed E-state index contributed by atoms with van der Waals surface area (Å²) in [6, 6.07) is 1.96. The van der Waals surface area contributed by atoms with Crippen LogP contribution >= 0.6 is 0 Å². The Balaban J connectivity index is 1.53. The van der Waals surface area contributed by atoms with Gasteiger partial charge < -0.3 is 9.84 Å². The lowest BCUT2D eigenvalue weighted by Crippen LogP contribution is -2.41. The number of urea groups is 1. The molecule has 3 unspecified atom stereocenters. The Kier molecular flexibility index (Phi) is 3.21. The van der Waals surface area contributed by atoms with Crippen LogP contribution in [0.1, 0.15) is 51.2 Å². The highest BCUT2D eigenvalue weighted by atomic mass is 16.5. The highest BCUT2D eigenvalue weighted by Crippen LogP contribution is 2.44. The summed E-state index contributed by atoms with van der Waals surface area (Å²) >= 11 is 0. The van der Waals surface area contributed by atoms with E-state index in [0.29, 0.717) is 17.8 Å². The lowest BCUT2D eigenvalue weighted by atomic mass is 9.95. The number of amides is 2. The van der Waals surface area contributed by atoms with Gasteiger partial charge in [-0.1, -0.05) is 25.4 Å². The Labute approximate surface area is 113 Å². The summed E-state index contributed by atoms with van der Waals surface area (Å²) in [5, 5.41) is 9.67. The monoisotopic (exact) mass is 263 g/mol. The number of nitrogens with one attached hydrogen (secondary N) is 2. The van der Waals surface area contributed by atoms with Gasteiger partial charge in [-0.3, -0.25) is 5.32 Å². The van der Waals surface area contributed by atoms with Crippen molar-refractivity contribution in [1.82, 2.24) is 10.5 Å². The third kappa shape index (κ3) is 2.60. The molecule has 104 valence electrons. The van der Waals surface area contributed by atoms with E-state index in [1.54, 1.807) is 6.07 Å². The van der Waals surface area contributed by atoms with E-state index in [0.717, 1.165) is 18.1 Å². The molecule has 2 N–H and O–H groups in total. The number of anilines is 1. The van der Waals surface area contributed by atoms with Gasteiger partial charge >= 0.3 is 6.03 Å². The lowest BCUT2D eigenvalue weighted by molar-refractivity contribution is 0.242. The molecule has 2 amide bonds. The third-order valence-electron chi connectivity index (χ3n) is 4.39. The van der Waals surface area contributed by atoms with Gasteiger partial charge in [0.1, 0.15) is 5.76 Å². The van der Waals surface area contributed by atoms with Gasteiger partial charge in [0.2, 0.25) is 0 Å². The van der Waals surface area contributed by atoms with Crippen molar-refractivity contribution < 1.29 is 9.32 Å². The predicted octanol–water partition coefficient (Wildman–Crippen LogP) is 3.11. The van der Waals surface area contributed by atoms with E-state index in [1.807, 2.05) is 13.8 Å². The first kappa shape index (κ1) is 12.5.